The van der Waals surface area contributed by atoms with Gasteiger partial charge in [-0.15, -0.1) is 0 Å². The molecule has 2 aromatic rings. The van der Waals surface area contributed by atoms with Crippen LogP contribution in [0.1, 0.15) is 56.7 Å². The first-order valence-electron chi connectivity index (χ1n) is 7.78. The molecule has 0 spiro atoms. The number of carbonyl (C=O) groups is 1. The fourth-order valence-corrected chi connectivity index (χ4v) is 2.32. The first-order chi connectivity index (χ1) is 10.6. The van der Waals surface area contributed by atoms with Crippen molar-refractivity contribution in [2.24, 2.45) is 0 Å². The molecule has 0 aliphatic heterocycles. The number of amides is 1. The molecule has 22 heavy (non-hydrogen) atoms. The van der Waals surface area contributed by atoms with Crippen molar-refractivity contribution >= 4 is 5.91 Å². The van der Waals surface area contributed by atoms with E-state index < -0.39 is 0 Å². The van der Waals surface area contributed by atoms with Crippen molar-refractivity contribution in [1.29, 1.82) is 0 Å². The second-order valence-electron chi connectivity index (χ2n) is 5.87. The van der Waals surface area contributed by atoms with E-state index in [1.165, 1.54) is 11.9 Å². The lowest BCUT2D eigenvalue weighted by molar-refractivity contribution is -0.121. The smallest absolute Gasteiger partial charge is 0.220 e. The van der Waals surface area contributed by atoms with Gasteiger partial charge in [-0.3, -0.25) is 9.48 Å². The standard InChI is InChI=1S/C17H24N4O/c1-13(2)15-6-8-16(9-7-15)14(3)20-17(22)5-4-10-21-12-18-11-19-21/h6-9,11-14H,4-5,10H2,1-3H3,(H,20,22)/t14-/m0/s1. The monoisotopic (exact) mass is 300 g/mol. The number of carbonyl (C=O) groups excluding carboxylic acids is 1. The zero-order valence-electron chi connectivity index (χ0n) is 13.5. The maximum absolute atomic E-state index is 12.0. The Labute approximate surface area is 131 Å². The van der Waals surface area contributed by atoms with Crippen LogP contribution < -0.4 is 5.32 Å². The summed E-state index contributed by atoms with van der Waals surface area (Å²) >= 11 is 0. The Balaban J connectivity index is 1.77. The van der Waals surface area contributed by atoms with Gasteiger partial charge in [-0.1, -0.05) is 38.1 Å². The third-order valence-electron chi connectivity index (χ3n) is 3.74. The fourth-order valence-electron chi connectivity index (χ4n) is 2.32. The van der Waals surface area contributed by atoms with Crippen molar-refractivity contribution in [2.75, 3.05) is 0 Å². The van der Waals surface area contributed by atoms with Crippen molar-refractivity contribution in [3.05, 3.63) is 48.0 Å². The van der Waals surface area contributed by atoms with E-state index in [1.54, 1.807) is 11.0 Å². The molecule has 1 amide bonds. The number of nitrogens with one attached hydrogen (secondary N) is 1. The van der Waals surface area contributed by atoms with Crippen LogP contribution in [-0.4, -0.2) is 20.7 Å². The molecule has 0 fully saturated rings. The van der Waals surface area contributed by atoms with Gasteiger partial charge in [-0.2, -0.15) is 5.10 Å². The van der Waals surface area contributed by atoms with Crippen LogP contribution >= 0.6 is 0 Å². The third-order valence-corrected chi connectivity index (χ3v) is 3.74. The lowest BCUT2D eigenvalue weighted by atomic mass is 9.99. The minimum atomic E-state index is 0.0279. The summed E-state index contributed by atoms with van der Waals surface area (Å²) in [5.74, 6) is 0.594. The van der Waals surface area contributed by atoms with E-state index in [-0.39, 0.29) is 11.9 Å². The van der Waals surface area contributed by atoms with Crippen molar-refractivity contribution < 1.29 is 4.79 Å². The summed E-state index contributed by atoms with van der Waals surface area (Å²) in [7, 11) is 0. The average Bonchev–Trinajstić information content (AvgIpc) is 3.00. The highest BCUT2D eigenvalue weighted by Gasteiger charge is 2.10. The van der Waals surface area contributed by atoms with Crippen LogP contribution in [0.4, 0.5) is 0 Å². The molecule has 0 aliphatic carbocycles. The van der Waals surface area contributed by atoms with E-state index in [9.17, 15) is 4.79 Å². The number of hydrogen-bond acceptors (Lipinski definition) is 3. The molecule has 1 atom stereocenters. The summed E-state index contributed by atoms with van der Waals surface area (Å²) in [6.45, 7) is 7.08. The topological polar surface area (TPSA) is 59.8 Å². The maximum atomic E-state index is 12.0. The molecule has 1 aromatic carbocycles. The maximum Gasteiger partial charge on any atom is 0.220 e. The van der Waals surface area contributed by atoms with Crippen LogP contribution in [0.3, 0.4) is 0 Å². The van der Waals surface area contributed by atoms with Crippen molar-refractivity contribution in [2.45, 2.75) is 52.1 Å². The molecule has 1 aromatic heterocycles. The van der Waals surface area contributed by atoms with Crippen molar-refractivity contribution in [1.82, 2.24) is 20.1 Å². The van der Waals surface area contributed by atoms with Crippen LogP contribution in [0.25, 0.3) is 0 Å². The summed E-state index contributed by atoms with van der Waals surface area (Å²) in [4.78, 5) is 15.9. The minimum absolute atomic E-state index is 0.0279. The summed E-state index contributed by atoms with van der Waals surface area (Å²) < 4.78 is 1.74. The van der Waals surface area contributed by atoms with E-state index in [4.69, 9.17) is 0 Å². The van der Waals surface area contributed by atoms with Crippen LogP contribution in [0.2, 0.25) is 0 Å². The first-order valence-corrected chi connectivity index (χ1v) is 7.78. The third kappa shape index (κ3) is 4.69. The zero-order valence-corrected chi connectivity index (χ0v) is 13.5. The van der Waals surface area contributed by atoms with Gasteiger partial charge in [0.1, 0.15) is 12.7 Å². The van der Waals surface area contributed by atoms with Gasteiger partial charge in [0.15, 0.2) is 0 Å². The number of aryl methyl sites for hydroxylation is 1. The number of benzene rings is 1. The Morgan fingerprint density at radius 1 is 1.18 bits per heavy atom. The van der Waals surface area contributed by atoms with Gasteiger partial charge in [0, 0.05) is 13.0 Å². The van der Waals surface area contributed by atoms with Crippen LogP contribution in [0, 0.1) is 0 Å². The molecule has 0 radical (unpaired) electrons. The van der Waals surface area contributed by atoms with Crippen molar-refractivity contribution in [3.63, 3.8) is 0 Å². The molecule has 5 nitrogen and oxygen atoms in total. The number of hydrogen-bond donors (Lipinski definition) is 1. The molecule has 5 heteroatoms. The largest absolute Gasteiger partial charge is 0.350 e. The van der Waals surface area contributed by atoms with Gasteiger partial charge >= 0.3 is 0 Å². The molecule has 2 rings (SSSR count). The highest BCUT2D eigenvalue weighted by molar-refractivity contribution is 5.76. The first kappa shape index (κ1) is 16.2. The molecule has 0 saturated heterocycles. The molecule has 1 heterocycles. The zero-order chi connectivity index (χ0) is 15.9. The van der Waals surface area contributed by atoms with E-state index in [2.05, 4.69) is 53.5 Å². The predicted molar refractivity (Wildman–Crippen MR) is 86.3 cm³/mol. The van der Waals surface area contributed by atoms with Gasteiger partial charge in [0.05, 0.1) is 6.04 Å². The van der Waals surface area contributed by atoms with E-state index in [0.29, 0.717) is 18.9 Å². The Morgan fingerprint density at radius 2 is 1.86 bits per heavy atom. The fraction of sp³-hybridized carbons (Fsp3) is 0.471. The highest BCUT2D eigenvalue weighted by atomic mass is 16.1. The quantitative estimate of drug-likeness (QED) is 0.855. The molecule has 0 unspecified atom stereocenters. The summed E-state index contributed by atoms with van der Waals surface area (Å²) in [6, 6.07) is 8.48. The lowest BCUT2D eigenvalue weighted by Crippen LogP contribution is -2.26. The van der Waals surface area contributed by atoms with Gasteiger partial charge in [0.25, 0.3) is 0 Å². The Kier molecular flexibility index (Phi) is 5.69. The second kappa shape index (κ2) is 7.73. The molecular formula is C17H24N4O. The number of nitrogens with zero attached hydrogens (tertiary/aromatic N) is 3. The van der Waals surface area contributed by atoms with Crippen LogP contribution in [0.15, 0.2) is 36.9 Å². The summed E-state index contributed by atoms with van der Waals surface area (Å²) in [5.41, 5.74) is 2.45. The average molecular weight is 300 g/mol. The predicted octanol–water partition coefficient (Wildman–Crippen LogP) is 3.06. The minimum Gasteiger partial charge on any atom is -0.350 e. The SMILES string of the molecule is CC(C)c1ccc([C@H](C)NC(=O)CCCn2cncn2)cc1. The lowest BCUT2D eigenvalue weighted by Gasteiger charge is -2.15. The Bertz CT molecular complexity index is 575. The summed E-state index contributed by atoms with van der Waals surface area (Å²) in [6.07, 6.45) is 4.42. The van der Waals surface area contributed by atoms with Crippen LogP contribution in [0.5, 0.6) is 0 Å². The van der Waals surface area contributed by atoms with E-state index >= 15 is 0 Å². The normalized spacial score (nSPS) is 12.4. The number of rotatable bonds is 7. The second-order valence-corrected chi connectivity index (χ2v) is 5.87. The Morgan fingerprint density at radius 3 is 2.45 bits per heavy atom. The van der Waals surface area contributed by atoms with Gasteiger partial charge < -0.3 is 5.32 Å². The van der Waals surface area contributed by atoms with Gasteiger partial charge in [-0.05, 0) is 30.4 Å². The van der Waals surface area contributed by atoms with E-state index in [0.717, 1.165) is 12.0 Å². The molecular weight excluding hydrogens is 276 g/mol. The van der Waals surface area contributed by atoms with E-state index in [1.807, 2.05) is 6.92 Å². The van der Waals surface area contributed by atoms with Crippen LogP contribution in [-0.2, 0) is 11.3 Å². The number of aromatic nitrogens is 3. The van der Waals surface area contributed by atoms with Gasteiger partial charge in [-0.25, -0.2) is 4.98 Å². The molecule has 1 N–H and O–H groups in total. The highest BCUT2D eigenvalue weighted by Crippen LogP contribution is 2.18. The molecule has 118 valence electrons. The molecule has 0 bridgehead atoms. The molecule has 0 aliphatic rings. The summed E-state index contributed by atoms with van der Waals surface area (Å²) in [5, 5.41) is 7.06. The molecule has 0 saturated carbocycles. The Hall–Kier alpha value is -2.17. The van der Waals surface area contributed by atoms with Gasteiger partial charge in [0.2, 0.25) is 5.91 Å². The van der Waals surface area contributed by atoms with Crippen molar-refractivity contribution in [3.8, 4) is 0 Å².